The predicted molar refractivity (Wildman–Crippen MR) is 150 cm³/mol. The van der Waals surface area contributed by atoms with Gasteiger partial charge in [-0.3, -0.25) is 0 Å². The summed E-state index contributed by atoms with van der Waals surface area (Å²) < 4.78 is 2.42. The Balaban J connectivity index is 1.51. The lowest BCUT2D eigenvalue weighted by atomic mass is 9.91. The summed E-state index contributed by atoms with van der Waals surface area (Å²) in [6.45, 7) is 0. The molecule has 0 atom stereocenters. The van der Waals surface area contributed by atoms with Gasteiger partial charge in [0.05, 0.1) is 11.0 Å². The van der Waals surface area contributed by atoms with Crippen LogP contribution in [0.1, 0.15) is 0 Å². The van der Waals surface area contributed by atoms with Crippen LogP contribution in [0.3, 0.4) is 0 Å². The molecule has 0 saturated heterocycles. The standard InChI is InChI=1S/C34H21N/c1-2-10-27(11-3-1)35-31-15-5-4-12-29(31)30-14-7-13-28(34(30)35)26-20-24-18-16-22-8-6-9-23-17-19-25(21-26)33(24)32(22)23/h1-21H. The summed E-state index contributed by atoms with van der Waals surface area (Å²) in [5, 5.41) is 10.5. The van der Waals surface area contributed by atoms with Crippen molar-refractivity contribution in [3.8, 4) is 16.8 Å². The van der Waals surface area contributed by atoms with Crippen LogP contribution >= 0.6 is 0 Å². The molecule has 0 N–H and O–H groups in total. The van der Waals surface area contributed by atoms with Gasteiger partial charge in [0.1, 0.15) is 0 Å². The van der Waals surface area contributed by atoms with Crippen LogP contribution in [-0.2, 0) is 0 Å². The Labute approximate surface area is 202 Å². The molecule has 35 heavy (non-hydrogen) atoms. The highest BCUT2D eigenvalue weighted by Crippen LogP contribution is 2.41. The van der Waals surface area contributed by atoms with Crippen molar-refractivity contribution in [2.24, 2.45) is 0 Å². The number of benzene rings is 7. The Hall–Kier alpha value is -4.62. The number of para-hydroxylation sites is 3. The van der Waals surface area contributed by atoms with E-state index in [1.54, 1.807) is 0 Å². The maximum atomic E-state index is 2.42. The van der Waals surface area contributed by atoms with Gasteiger partial charge in [0.15, 0.2) is 0 Å². The van der Waals surface area contributed by atoms with E-state index in [4.69, 9.17) is 0 Å². The van der Waals surface area contributed by atoms with E-state index in [9.17, 15) is 0 Å². The molecule has 1 aromatic heterocycles. The van der Waals surface area contributed by atoms with Gasteiger partial charge < -0.3 is 4.57 Å². The van der Waals surface area contributed by atoms with Crippen molar-refractivity contribution in [2.45, 2.75) is 0 Å². The van der Waals surface area contributed by atoms with Gasteiger partial charge in [0.2, 0.25) is 0 Å². The van der Waals surface area contributed by atoms with Crippen molar-refractivity contribution in [2.75, 3.05) is 0 Å². The fraction of sp³-hybridized carbons (Fsp3) is 0. The number of aromatic nitrogens is 1. The molecule has 1 heterocycles. The molecular weight excluding hydrogens is 422 g/mol. The Morgan fingerprint density at radius 1 is 0.429 bits per heavy atom. The van der Waals surface area contributed by atoms with Gasteiger partial charge in [-0.15, -0.1) is 0 Å². The number of hydrogen-bond acceptors (Lipinski definition) is 0. The van der Waals surface area contributed by atoms with Crippen LogP contribution in [0.4, 0.5) is 0 Å². The smallest absolute Gasteiger partial charge is 0.0619 e. The van der Waals surface area contributed by atoms with Gasteiger partial charge in [0, 0.05) is 22.0 Å². The Morgan fingerprint density at radius 3 is 1.80 bits per heavy atom. The molecule has 0 aliphatic heterocycles. The molecule has 0 bridgehead atoms. The molecule has 0 saturated carbocycles. The molecule has 8 rings (SSSR count). The summed E-state index contributed by atoms with van der Waals surface area (Å²) in [5.74, 6) is 0. The van der Waals surface area contributed by atoms with Crippen molar-refractivity contribution in [3.05, 3.63) is 127 Å². The van der Waals surface area contributed by atoms with E-state index < -0.39 is 0 Å². The lowest BCUT2D eigenvalue weighted by Crippen LogP contribution is -1.95. The predicted octanol–water partition coefficient (Wildman–Crippen LogP) is 9.35. The molecule has 0 aliphatic rings. The van der Waals surface area contributed by atoms with Gasteiger partial charge in [-0.2, -0.15) is 0 Å². The Bertz CT molecular complexity index is 1980. The first-order chi connectivity index (χ1) is 17.4. The molecule has 0 aliphatic carbocycles. The second-order valence-corrected chi connectivity index (χ2v) is 9.40. The van der Waals surface area contributed by atoms with Gasteiger partial charge >= 0.3 is 0 Å². The number of hydrogen-bond donors (Lipinski definition) is 0. The summed E-state index contributed by atoms with van der Waals surface area (Å²) in [7, 11) is 0. The number of rotatable bonds is 2. The first-order valence-corrected chi connectivity index (χ1v) is 12.1. The number of fused-ring (bicyclic) bond motifs is 3. The monoisotopic (exact) mass is 443 g/mol. The van der Waals surface area contributed by atoms with Crippen molar-refractivity contribution in [1.29, 1.82) is 0 Å². The van der Waals surface area contributed by atoms with Crippen LogP contribution in [0.2, 0.25) is 0 Å². The minimum absolute atomic E-state index is 1.18. The maximum absolute atomic E-state index is 2.42. The summed E-state index contributed by atoms with van der Waals surface area (Å²) >= 11 is 0. The van der Waals surface area contributed by atoms with Crippen LogP contribution in [0, 0.1) is 0 Å². The third-order valence-electron chi connectivity index (χ3n) is 7.48. The second kappa shape index (κ2) is 6.94. The fourth-order valence-electron chi connectivity index (χ4n) is 6.01. The zero-order valence-corrected chi connectivity index (χ0v) is 19.1. The zero-order chi connectivity index (χ0) is 22.9. The zero-order valence-electron chi connectivity index (χ0n) is 19.1. The van der Waals surface area contributed by atoms with Crippen LogP contribution in [-0.4, -0.2) is 4.57 Å². The highest BCUT2D eigenvalue weighted by molar-refractivity contribution is 6.24. The largest absolute Gasteiger partial charge is 0.309 e. The lowest BCUT2D eigenvalue weighted by Gasteiger charge is -2.15. The van der Waals surface area contributed by atoms with Crippen molar-refractivity contribution in [3.63, 3.8) is 0 Å². The molecule has 1 nitrogen and oxygen atoms in total. The topological polar surface area (TPSA) is 4.93 Å². The van der Waals surface area contributed by atoms with Gasteiger partial charge in [-0.1, -0.05) is 97.1 Å². The minimum atomic E-state index is 1.18. The van der Waals surface area contributed by atoms with Crippen molar-refractivity contribution in [1.82, 2.24) is 4.57 Å². The van der Waals surface area contributed by atoms with Crippen LogP contribution in [0.25, 0.3) is 70.9 Å². The average Bonchev–Trinajstić information content (AvgIpc) is 3.27. The third kappa shape index (κ3) is 2.58. The molecule has 0 fully saturated rings. The molecule has 0 spiro atoms. The Morgan fingerprint density at radius 2 is 1.03 bits per heavy atom. The lowest BCUT2D eigenvalue weighted by molar-refractivity contribution is 1.18. The molecule has 1 heteroatoms. The summed E-state index contributed by atoms with van der Waals surface area (Å²) in [5.41, 5.74) is 6.19. The van der Waals surface area contributed by atoms with Gasteiger partial charge in [0.25, 0.3) is 0 Å². The molecule has 0 radical (unpaired) electrons. The minimum Gasteiger partial charge on any atom is -0.309 e. The average molecular weight is 444 g/mol. The van der Waals surface area contributed by atoms with E-state index in [-0.39, 0.29) is 0 Å². The quantitative estimate of drug-likeness (QED) is 0.235. The van der Waals surface area contributed by atoms with E-state index in [0.717, 1.165) is 0 Å². The first-order valence-electron chi connectivity index (χ1n) is 12.1. The molecular formula is C34H21N. The van der Waals surface area contributed by atoms with E-state index in [0.29, 0.717) is 0 Å². The van der Waals surface area contributed by atoms with Crippen LogP contribution < -0.4 is 0 Å². The first kappa shape index (κ1) is 18.8. The van der Waals surface area contributed by atoms with E-state index in [2.05, 4.69) is 132 Å². The normalized spacial score (nSPS) is 12.0. The summed E-state index contributed by atoms with van der Waals surface area (Å²) in [6, 6.07) is 46.6. The molecule has 0 amide bonds. The van der Waals surface area contributed by atoms with Gasteiger partial charge in [-0.05, 0) is 68.2 Å². The Kier molecular flexibility index (Phi) is 3.72. The van der Waals surface area contributed by atoms with Crippen LogP contribution in [0.15, 0.2) is 127 Å². The molecule has 0 unspecified atom stereocenters. The van der Waals surface area contributed by atoms with Crippen LogP contribution in [0.5, 0.6) is 0 Å². The van der Waals surface area contributed by atoms with E-state index in [1.165, 1.54) is 70.9 Å². The SMILES string of the molecule is c1ccc(-n2c3ccccc3c3cccc(-c4cc5ccc6cccc7ccc(c4)c5c67)c32)cc1. The third-order valence-corrected chi connectivity index (χ3v) is 7.48. The van der Waals surface area contributed by atoms with E-state index in [1.807, 2.05) is 0 Å². The summed E-state index contributed by atoms with van der Waals surface area (Å²) in [6.07, 6.45) is 0. The number of nitrogens with zero attached hydrogens (tertiary/aromatic N) is 1. The fourth-order valence-corrected chi connectivity index (χ4v) is 6.01. The summed E-state index contributed by atoms with van der Waals surface area (Å²) in [4.78, 5) is 0. The van der Waals surface area contributed by atoms with Gasteiger partial charge in [-0.25, -0.2) is 0 Å². The highest BCUT2D eigenvalue weighted by atomic mass is 15.0. The van der Waals surface area contributed by atoms with Crippen molar-refractivity contribution >= 4 is 54.1 Å². The maximum Gasteiger partial charge on any atom is 0.0619 e. The molecule has 8 aromatic rings. The highest BCUT2D eigenvalue weighted by Gasteiger charge is 2.17. The molecule has 162 valence electrons. The molecule has 7 aromatic carbocycles. The van der Waals surface area contributed by atoms with Crippen molar-refractivity contribution < 1.29 is 0 Å². The van der Waals surface area contributed by atoms with E-state index >= 15 is 0 Å². The second-order valence-electron chi connectivity index (χ2n) is 9.40.